The van der Waals surface area contributed by atoms with Gasteiger partial charge in [0.15, 0.2) is 5.57 Å². The van der Waals surface area contributed by atoms with Gasteiger partial charge in [-0.05, 0) is 54.4 Å². The molecule has 1 atom stereocenters. The van der Waals surface area contributed by atoms with Crippen LogP contribution in [0.4, 0.5) is 0 Å². The SMILES string of the molecule is CN1/C(=C(/C#N)C(=O)OC(C)(C)C)CC[C@H]1C(=O)OC(C)(C)C. The predicted molar refractivity (Wildman–Crippen MR) is 85.1 cm³/mol. The van der Waals surface area contributed by atoms with Gasteiger partial charge < -0.3 is 14.4 Å². The molecule has 1 saturated heterocycles. The zero-order chi connectivity index (χ0) is 18.0. The summed E-state index contributed by atoms with van der Waals surface area (Å²) in [6, 6.07) is 1.43. The molecule has 0 aromatic heterocycles. The maximum atomic E-state index is 12.2. The van der Waals surface area contributed by atoms with Crippen molar-refractivity contribution in [3.05, 3.63) is 11.3 Å². The minimum atomic E-state index is -0.679. The van der Waals surface area contributed by atoms with Gasteiger partial charge in [-0.2, -0.15) is 5.26 Å². The highest BCUT2D eigenvalue weighted by atomic mass is 16.6. The molecular weight excluding hydrogens is 296 g/mol. The summed E-state index contributed by atoms with van der Waals surface area (Å²) in [5.74, 6) is -1.01. The molecule has 0 amide bonds. The van der Waals surface area contributed by atoms with E-state index in [1.165, 1.54) is 0 Å². The van der Waals surface area contributed by atoms with Crippen LogP contribution >= 0.6 is 0 Å². The Hall–Kier alpha value is -2.03. The van der Waals surface area contributed by atoms with Crippen molar-refractivity contribution in [1.82, 2.24) is 4.90 Å². The number of carbonyl (C=O) groups is 2. The largest absolute Gasteiger partial charge is 0.458 e. The first kappa shape index (κ1) is 19.0. The molecule has 0 N–H and O–H groups in total. The minimum Gasteiger partial charge on any atom is -0.458 e. The molecule has 1 rings (SSSR count). The number of ether oxygens (including phenoxy) is 2. The van der Waals surface area contributed by atoms with E-state index in [0.717, 1.165) is 0 Å². The lowest BCUT2D eigenvalue weighted by molar-refractivity contribution is -0.159. The van der Waals surface area contributed by atoms with Crippen LogP contribution in [0.1, 0.15) is 54.4 Å². The first-order valence-electron chi connectivity index (χ1n) is 7.68. The molecule has 6 heteroatoms. The van der Waals surface area contributed by atoms with Crippen molar-refractivity contribution in [1.29, 1.82) is 5.26 Å². The Kier molecular flexibility index (Phi) is 5.47. The maximum absolute atomic E-state index is 12.2. The Morgan fingerprint density at radius 3 is 2.09 bits per heavy atom. The maximum Gasteiger partial charge on any atom is 0.351 e. The molecule has 0 spiro atoms. The van der Waals surface area contributed by atoms with Crippen LogP contribution in [0.25, 0.3) is 0 Å². The molecule has 0 aromatic rings. The molecule has 1 aliphatic heterocycles. The van der Waals surface area contributed by atoms with Crippen LogP contribution in [0.3, 0.4) is 0 Å². The van der Waals surface area contributed by atoms with Gasteiger partial charge in [-0.1, -0.05) is 0 Å². The molecule has 128 valence electrons. The summed E-state index contributed by atoms with van der Waals surface area (Å²) in [6.45, 7) is 10.6. The molecule has 0 unspecified atom stereocenters. The van der Waals surface area contributed by atoms with Gasteiger partial charge in [-0.3, -0.25) is 0 Å². The third-order valence-corrected chi connectivity index (χ3v) is 3.23. The summed E-state index contributed by atoms with van der Waals surface area (Å²) in [4.78, 5) is 26.1. The van der Waals surface area contributed by atoms with Crippen LogP contribution in [0, 0.1) is 11.3 Å². The number of esters is 2. The van der Waals surface area contributed by atoms with Gasteiger partial charge in [0.1, 0.15) is 23.3 Å². The summed E-state index contributed by atoms with van der Waals surface area (Å²) in [5.41, 5.74) is -0.777. The molecule has 1 fully saturated rings. The van der Waals surface area contributed by atoms with Gasteiger partial charge in [0, 0.05) is 12.7 Å². The zero-order valence-electron chi connectivity index (χ0n) is 15.0. The van der Waals surface area contributed by atoms with Crippen LogP contribution in [0.2, 0.25) is 0 Å². The monoisotopic (exact) mass is 322 g/mol. The van der Waals surface area contributed by atoms with Crippen molar-refractivity contribution in [2.75, 3.05) is 7.05 Å². The molecule has 1 aliphatic rings. The standard InChI is InChI=1S/C17H26N2O4/c1-16(2,3)22-14(20)11(10-18)12-8-9-13(19(12)7)15(21)23-17(4,5)6/h13H,8-9H2,1-7H3/b12-11-/t13-/m0/s1. The topological polar surface area (TPSA) is 79.6 Å². The van der Waals surface area contributed by atoms with Crippen LogP contribution in [-0.2, 0) is 19.1 Å². The van der Waals surface area contributed by atoms with Crippen molar-refractivity contribution in [2.24, 2.45) is 0 Å². The molecule has 0 aromatic carbocycles. The average molecular weight is 322 g/mol. The van der Waals surface area contributed by atoms with Crippen LogP contribution < -0.4 is 0 Å². The van der Waals surface area contributed by atoms with E-state index in [2.05, 4.69) is 0 Å². The Balaban J connectivity index is 2.99. The van der Waals surface area contributed by atoms with E-state index in [0.29, 0.717) is 18.5 Å². The number of nitrogens with zero attached hydrogens (tertiary/aromatic N) is 2. The molecule has 0 aliphatic carbocycles. The van der Waals surface area contributed by atoms with E-state index in [4.69, 9.17) is 9.47 Å². The normalized spacial score (nSPS) is 20.8. The number of carbonyl (C=O) groups excluding carboxylic acids is 2. The van der Waals surface area contributed by atoms with Gasteiger partial charge >= 0.3 is 11.9 Å². The van der Waals surface area contributed by atoms with E-state index in [1.807, 2.05) is 6.07 Å². The molecule has 0 saturated carbocycles. The van der Waals surface area contributed by atoms with Gasteiger partial charge in [0.2, 0.25) is 0 Å². The van der Waals surface area contributed by atoms with Crippen LogP contribution in [0.5, 0.6) is 0 Å². The lowest BCUT2D eigenvalue weighted by Crippen LogP contribution is -2.38. The number of hydrogen-bond acceptors (Lipinski definition) is 6. The Morgan fingerprint density at radius 2 is 1.65 bits per heavy atom. The second-order valence-electron chi connectivity index (χ2n) is 7.63. The molecule has 0 radical (unpaired) electrons. The second kappa shape index (κ2) is 6.61. The van der Waals surface area contributed by atoms with Crippen molar-refractivity contribution in [3.63, 3.8) is 0 Å². The fourth-order valence-corrected chi connectivity index (χ4v) is 2.34. The Bertz CT molecular complexity index is 559. The van der Waals surface area contributed by atoms with E-state index in [9.17, 15) is 14.9 Å². The quantitative estimate of drug-likeness (QED) is 0.441. The third-order valence-electron chi connectivity index (χ3n) is 3.23. The highest BCUT2D eigenvalue weighted by Gasteiger charge is 2.37. The minimum absolute atomic E-state index is 0.0477. The number of rotatable bonds is 2. The third kappa shape index (κ3) is 5.27. The zero-order valence-corrected chi connectivity index (χ0v) is 15.0. The molecular formula is C17H26N2O4. The number of hydrogen-bond donors (Lipinski definition) is 0. The van der Waals surface area contributed by atoms with Crippen LogP contribution in [-0.4, -0.2) is 41.1 Å². The van der Waals surface area contributed by atoms with Gasteiger partial charge in [0.05, 0.1) is 0 Å². The second-order valence-corrected chi connectivity index (χ2v) is 7.63. The molecule has 1 heterocycles. The first-order chi connectivity index (χ1) is 10.4. The first-order valence-corrected chi connectivity index (χ1v) is 7.68. The molecule has 23 heavy (non-hydrogen) atoms. The average Bonchev–Trinajstić information content (AvgIpc) is 2.68. The summed E-state index contributed by atoms with van der Waals surface area (Å²) in [7, 11) is 1.69. The number of likely N-dealkylation sites (tertiary alicyclic amines) is 1. The van der Waals surface area contributed by atoms with Crippen LogP contribution in [0.15, 0.2) is 11.3 Å². The summed E-state index contributed by atoms with van der Waals surface area (Å²) in [6.07, 6.45) is 0.970. The fraction of sp³-hybridized carbons (Fsp3) is 0.706. The number of likely N-dealkylation sites (N-methyl/N-ethyl adjacent to an activating group) is 1. The highest BCUT2D eigenvalue weighted by molar-refractivity contribution is 5.94. The van der Waals surface area contributed by atoms with Crippen molar-refractivity contribution >= 4 is 11.9 Å². The Morgan fingerprint density at radius 1 is 1.13 bits per heavy atom. The lowest BCUT2D eigenvalue weighted by Gasteiger charge is -2.27. The number of allylic oxidation sites excluding steroid dienone is 1. The number of nitriles is 1. The van der Waals surface area contributed by atoms with Gasteiger partial charge in [0.25, 0.3) is 0 Å². The summed E-state index contributed by atoms with van der Waals surface area (Å²) in [5, 5.41) is 9.33. The molecule has 6 nitrogen and oxygen atoms in total. The van der Waals surface area contributed by atoms with Crippen molar-refractivity contribution < 1.29 is 19.1 Å². The lowest BCUT2D eigenvalue weighted by atomic mass is 10.1. The van der Waals surface area contributed by atoms with E-state index in [-0.39, 0.29) is 11.5 Å². The van der Waals surface area contributed by atoms with Gasteiger partial charge in [-0.15, -0.1) is 0 Å². The Labute approximate surface area is 138 Å². The molecule has 0 bridgehead atoms. The highest BCUT2D eigenvalue weighted by Crippen LogP contribution is 2.30. The van der Waals surface area contributed by atoms with E-state index >= 15 is 0 Å². The van der Waals surface area contributed by atoms with Gasteiger partial charge in [-0.25, -0.2) is 9.59 Å². The fourth-order valence-electron chi connectivity index (χ4n) is 2.34. The van der Waals surface area contributed by atoms with Crippen molar-refractivity contribution in [2.45, 2.75) is 71.6 Å². The van der Waals surface area contributed by atoms with E-state index < -0.39 is 23.2 Å². The summed E-state index contributed by atoms with van der Waals surface area (Å²) >= 11 is 0. The summed E-state index contributed by atoms with van der Waals surface area (Å²) < 4.78 is 10.7. The smallest absolute Gasteiger partial charge is 0.351 e. The van der Waals surface area contributed by atoms with Crippen molar-refractivity contribution in [3.8, 4) is 6.07 Å². The van der Waals surface area contributed by atoms with E-state index in [1.54, 1.807) is 53.5 Å². The predicted octanol–water partition coefficient (Wildman–Crippen LogP) is 2.54.